The molecule has 0 bridgehead atoms. The first-order valence-corrected chi connectivity index (χ1v) is 10.5. The quantitative estimate of drug-likeness (QED) is 0.415. The number of carbonyl (C=O) groups is 1. The molecule has 180 valence electrons. The number of hydrogen-bond donors (Lipinski definition) is 1. The summed E-state index contributed by atoms with van der Waals surface area (Å²) in [5, 5.41) is 2.36. The number of piperidine rings is 1. The SMILES string of the molecule is C#CCN=C1NC(=O)S/C1=C\C1CCN(Cc2ccc(C(F)(F)F)cc2C(F)(F)F)CC1.Cl. The number of thioether (sulfide) groups is 1. The van der Waals surface area contributed by atoms with Crippen LogP contribution in [0.3, 0.4) is 0 Å². The molecule has 0 spiro atoms. The van der Waals surface area contributed by atoms with Crippen LogP contribution >= 0.6 is 24.2 Å². The van der Waals surface area contributed by atoms with E-state index in [9.17, 15) is 31.1 Å². The number of alkyl halides is 6. The first-order chi connectivity index (χ1) is 15.0. The molecular weight excluding hydrogens is 492 g/mol. The van der Waals surface area contributed by atoms with Gasteiger partial charge in [0.05, 0.1) is 16.0 Å². The van der Waals surface area contributed by atoms with Crippen molar-refractivity contribution >= 4 is 35.2 Å². The normalized spacial score (nSPS) is 20.6. The topological polar surface area (TPSA) is 44.7 Å². The summed E-state index contributed by atoms with van der Waals surface area (Å²) < 4.78 is 78.6. The van der Waals surface area contributed by atoms with Crippen LogP contribution in [0.15, 0.2) is 34.2 Å². The van der Waals surface area contributed by atoms with Gasteiger partial charge < -0.3 is 5.32 Å². The molecule has 1 aromatic rings. The molecule has 2 aliphatic heterocycles. The highest BCUT2D eigenvalue weighted by molar-refractivity contribution is 8.18. The number of nitrogens with zero attached hydrogens (tertiary/aromatic N) is 2. The molecule has 2 fully saturated rings. The summed E-state index contributed by atoms with van der Waals surface area (Å²) in [5.41, 5.74) is -2.77. The van der Waals surface area contributed by atoms with E-state index >= 15 is 0 Å². The molecule has 0 aliphatic carbocycles. The smallest absolute Gasteiger partial charge is 0.300 e. The van der Waals surface area contributed by atoms with Gasteiger partial charge in [0.1, 0.15) is 12.4 Å². The molecule has 0 unspecified atom stereocenters. The molecule has 2 aliphatic rings. The lowest BCUT2D eigenvalue weighted by Gasteiger charge is -2.31. The molecule has 0 aromatic heterocycles. The molecule has 2 heterocycles. The van der Waals surface area contributed by atoms with Gasteiger partial charge in [-0.1, -0.05) is 18.1 Å². The van der Waals surface area contributed by atoms with Gasteiger partial charge in [0, 0.05) is 6.54 Å². The average molecular weight is 512 g/mol. The summed E-state index contributed by atoms with van der Waals surface area (Å²) in [4.78, 5) is 18.2. The molecule has 12 heteroatoms. The maximum absolute atomic E-state index is 13.4. The number of carbonyl (C=O) groups excluding carboxylic acids is 1. The van der Waals surface area contributed by atoms with Gasteiger partial charge in [0.15, 0.2) is 0 Å². The number of benzene rings is 1. The summed E-state index contributed by atoms with van der Waals surface area (Å²) in [6.07, 6.45) is -1.37. The van der Waals surface area contributed by atoms with Crippen LogP contribution in [0, 0.1) is 18.3 Å². The number of halogens is 7. The maximum atomic E-state index is 13.4. The third-order valence-corrected chi connectivity index (χ3v) is 5.98. The Labute approximate surface area is 197 Å². The van der Waals surface area contributed by atoms with Gasteiger partial charge in [-0.25, -0.2) is 0 Å². The lowest BCUT2D eigenvalue weighted by Crippen LogP contribution is -2.33. The van der Waals surface area contributed by atoms with Gasteiger partial charge >= 0.3 is 12.4 Å². The highest BCUT2D eigenvalue weighted by Crippen LogP contribution is 2.38. The minimum atomic E-state index is -4.88. The maximum Gasteiger partial charge on any atom is 0.416 e. The summed E-state index contributed by atoms with van der Waals surface area (Å²) in [5.74, 6) is 2.87. The monoisotopic (exact) mass is 511 g/mol. The fraction of sp³-hybridized carbons (Fsp3) is 0.429. The van der Waals surface area contributed by atoms with Crippen LogP contribution in [0.25, 0.3) is 0 Å². The second-order valence-corrected chi connectivity index (χ2v) is 8.41. The minimum Gasteiger partial charge on any atom is -0.300 e. The van der Waals surface area contributed by atoms with E-state index in [-0.39, 0.29) is 48.3 Å². The summed E-state index contributed by atoms with van der Waals surface area (Å²) in [6.45, 7) is 0.964. The van der Waals surface area contributed by atoms with Crippen molar-refractivity contribution in [2.24, 2.45) is 10.9 Å². The standard InChI is InChI=1S/C21H19F6N3OS.ClH/c1-2-7-28-18-17(32-19(31)29-18)10-13-5-8-30(9-6-13)12-14-3-4-15(20(22,23)24)11-16(14)21(25,26)27;/h1,3-4,10-11,13H,5-9,12H2,(H,28,29,31);1H/b17-10-;. The number of amidine groups is 1. The molecule has 0 radical (unpaired) electrons. The lowest BCUT2D eigenvalue weighted by molar-refractivity contribution is -0.143. The predicted molar refractivity (Wildman–Crippen MR) is 117 cm³/mol. The third-order valence-electron chi connectivity index (χ3n) is 5.14. The van der Waals surface area contributed by atoms with Crippen molar-refractivity contribution in [1.82, 2.24) is 10.2 Å². The van der Waals surface area contributed by atoms with Crippen molar-refractivity contribution in [3.05, 3.63) is 45.9 Å². The molecule has 1 amide bonds. The Hall–Kier alpha value is -2.16. The first kappa shape index (κ1) is 27.1. The zero-order valence-corrected chi connectivity index (χ0v) is 18.7. The number of allylic oxidation sites excluding steroid dienone is 1. The van der Waals surface area contributed by atoms with Crippen LogP contribution in [-0.2, 0) is 18.9 Å². The van der Waals surface area contributed by atoms with E-state index < -0.39 is 23.5 Å². The van der Waals surface area contributed by atoms with E-state index in [1.165, 1.54) is 0 Å². The van der Waals surface area contributed by atoms with E-state index in [4.69, 9.17) is 6.42 Å². The average Bonchev–Trinajstić information content (AvgIpc) is 3.05. The van der Waals surface area contributed by atoms with E-state index in [0.717, 1.165) is 17.8 Å². The Bertz CT molecular complexity index is 976. The zero-order chi connectivity index (χ0) is 23.5. The van der Waals surface area contributed by atoms with Gasteiger partial charge in [-0.15, -0.1) is 18.8 Å². The van der Waals surface area contributed by atoms with Crippen molar-refractivity contribution in [1.29, 1.82) is 0 Å². The van der Waals surface area contributed by atoms with Crippen LogP contribution < -0.4 is 5.32 Å². The Morgan fingerprint density at radius 2 is 1.85 bits per heavy atom. The fourth-order valence-electron chi connectivity index (χ4n) is 3.57. The summed E-state index contributed by atoms with van der Waals surface area (Å²) in [7, 11) is 0. The predicted octanol–water partition coefficient (Wildman–Crippen LogP) is 5.73. The minimum absolute atomic E-state index is 0. The van der Waals surface area contributed by atoms with Crippen LogP contribution in [0.2, 0.25) is 0 Å². The van der Waals surface area contributed by atoms with Crippen LogP contribution in [0.1, 0.15) is 29.5 Å². The summed E-state index contributed by atoms with van der Waals surface area (Å²) in [6, 6.07) is 1.76. The third kappa shape index (κ3) is 7.16. The molecule has 3 rings (SSSR count). The Morgan fingerprint density at radius 3 is 2.42 bits per heavy atom. The second-order valence-electron chi connectivity index (χ2n) is 7.40. The lowest BCUT2D eigenvalue weighted by atomic mass is 9.95. The van der Waals surface area contributed by atoms with Gasteiger partial charge in [0.25, 0.3) is 5.24 Å². The molecule has 33 heavy (non-hydrogen) atoms. The number of rotatable bonds is 4. The van der Waals surface area contributed by atoms with Crippen molar-refractivity contribution in [2.45, 2.75) is 31.7 Å². The van der Waals surface area contributed by atoms with Crippen molar-refractivity contribution < 1.29 is 31.1 Å². The van der Waals surface area contributed by atoms with Crippen LogP contribution in [0.4, 0.5) is 31.1 Å². The molecule has 0 atom stereocenters. The molecule has 1 N–H and O–H groups in total. The van der Waals surface area contributed by atoms with Crippen molar-refractivity contribution in [2.75, 3.05) is 19.6 Å². The highest BCUT2D eigenvalue weighted by atomic mass is 35.5. The van der Waals surface area contributed by atoms with Crippen molar-refractivity contribution in [3.63, 3.8) is 0 Å². The van der Waals surface area contributed by atoms with Crippen LogP contribution in [0.5, 0.6) is 0 Å². The number of likely N-dealkylation sites (tertiary alicyclic amines) is 1. The summed E-state index contributed by atoms with van der Waals surface area (Å²) >= 11 is 1.01. The highest BCUT2D eigenvalue weighted by Gasteiger charge is 2.38. The van der Waals surface area contributed by atoms with Crippen LogP contribution in [-0.4, -0.2) is 35.6 Å². The number of terminal acetylenes is 1. The van der Waals surface area contributed by atoms with E-state index in [0.29, 0.717) is 42.7 Å². The van der Waals surface area contributed by atoms with E-state index in [1.807, 2.05) is 6.08 Å². The Balaban J connectivity index is 0.00000385. The van der Waals surface area contributed by atoms with E-state index in [1.54, 1.807) is 4.90 Å². The van der Waals surface area contributed by atoms with Gasteiger partial charge in [0.2, 0.25) is 0 Å². The molecule has 0 saturated carbocycles. The number of amides is 1. The number of nitrogens with one attached hydrogen (secondary N) is 1. The van der Waals surface area contributed by atoms with E-state index in [2.05, 4.69) is 16.2 Å². The fourth-order valence-corrected chi connectivity index (χ4v) is 4.39. The van der Waals surface area contributed by atoms with Gasteiger partial charge in [-0.2, -0.15) is 26.3 Å². The molecule has 2 saturated heterocycles. The second kappa shape index (κ2) is 10.8. The molecule has 4 nitrogen and oxygen atoms in total. The van der Waals surface area contributed by atoms with Gasteiger partial charge in [-0.05, 0) is 61.3 Å². The Morgan fingerprint density at radius 1 is 1.18 bits per heavy atom. The van der Waals surface area contributed by atoms with Gasteiger partial charge in [-0.3, -0.25) is 14.7 Å². The number of hydrogen-bond acceptors (Lipinski definition) is 4. The van der Waals surface area contributed by atoms with Crippen molar-refractivity contribution in [3.8, 4) is 12.3 Å². The number of aliphatic imine (C=N–C) groups is 1. The molecular formula is C21H20ClF6N3OS. The molecule has 1 aromatic carbocycles. The Kier molecular flexibility index (Phi) is 8.90. The zero-order valence-electron chi connectivity index (χ0n) is 17.1. The first-order valence-electron chi connectivity index (χ1n) is 9.66. The largest absolute Gasteiger partial charge is 0.416 e.